The van der Waals surface area contributed by atoms with E-state index in [-0.39, 0.29) is 11.7 Å². The molecule has 0 saturated carbocycles. The molecule has 12 heteroatoms. The van der Waals surface area contributed by atoms with E-state index in [1.165, 1.54) is 0 Å². The molecule has 1 aliphatic heterocycles. The Morgan fingerprint density at radius 2 is 1.75 bits per heavy atom. The highest BCUT2D eigenvalue weighted by Gasteiger charge is 2.18. The number of guanidine groups is 1. The number of aliphatic imine (C=N–C) groups is 1. The average Bonchev–Trinajstić information content (AvgIpc) is 2.37. The van der Waals surface area contributed by atoms with Crippen molar-refractivity contribution in [1.82, 2.24) is 4.90 Å². The third kappa shape index (κ3) is 13.5. The van der Waals surface area contributed by atoms with Crippen LogP contribution in [0.1, 0.15) is 6.42 Å². The summed E-state index contributed by atoms with van der Waals surface area (Å²) in [6.07, 6.45) is 0.699. The molecule has 0 amide bonds. The van der Waals surface area contributed by atoms with E-state index in [1.54, 1.807) is 0 Å². The van der Waals surface area contributed by atoms with Gasteiger partial charge in [-0.1, -0.05) is 0 Å². The van der Waals surface area contributed by atoms with Crippen LogP contribution in [0.3, 0.4) is 0 Å². The van der Waals surface area contributed by atoms with Crippen molar-refractivity contribution >= 4 is 26.2 Å². The number of nitrogens with zero attached hydrogens (tertiary/aromatic N) is 2. The Balaban J connectivity index is 0.000000621. The first-order chi connectivity index (χ1) is 8.99. The predicted molar refractivity (Wildman–Crippen MR) is 74.6 cm³/mol. The van der Waals surface area contributed by atoms with Crippen molar-refractivity contribution in [3.05, 3.63) is 0 Å². The zero-order chi connectivity index (χ0) is 15.8. The van der Waals surface area contributed by atoms with Gasteiger partial charge in [-0.25, -0.2) is 8.42 Å². The Kier molecular flexibility index (Phi) is 7.96. The standard InChI is InChI=1S/C8H18N4O2S.H2O4S/c9-8(10)11-2-4-12-3-1-6-15(13,14)7-5-12;1-5(2,3)4/h1-7H2,(H4,9,10,11);(H2,1,2,3,4). The minimum atomic E-state index is -4.67. The number of sulfone groups is 1. The molecule has 1 saturated heterocycles. The summed E-state index contributed by atoms with van der Waals surface area (Å²) >= 11 is 0. The third-order valence-electron chi connectivity index (χ3n) is 2.36. The first-order valence-electron chi connectivity index (χ1n) is 5.68. The second kappa shape index (κ2) is 8.36. The SMILES string of the molecule is NC(N)=NCCN1CCCS(=O)(=O)CC1.O=S(=O)(O)O. The number of rotatable bonds is 3. The molecule has 0 atom stereocenters. The minimum Gasteiger partial charge on any atom is -0.370 e. The monoisotopic (exact) mass is 332 g/mol. The summed E-state index contributed by atoms with van der Waals surface area (Å²) in [6, 6.07) is 0. The lowest BCUT2D eigenvalue weighted by atomic mass is 10.4. The fourth-order valence-electron chi connectivity index (χ4n) is 1.53. The maximum absolute atomic E-state index is 11.3. The van der Waals surface area contributed by atoms with Gasteiger partial charge in [-0.3, -0.25) is 14.1 Å². The molecule has 120 valence electrons. The molecule has 0 aliphatic carbocycles. The highest BCUT2D eigenvalue weighted by molar-refractivity contribution is 7.91. The summed E-state index contributed by atoms with van der Waals surface area (Å²) in [6.45, 7) is 2.64. The van der Waals surface area contributed by atoms with E-state index in [1.807, 2.05) is 0 Å². The number of hydrogen-bond acceptors (Lipinski definition) is 6. The lowest BCUT2D eigenvalue weighted by Crippen LogP contribution is -2.31. The van der Waals surface area contributed by atoms with Gasteiger partial charge in [0.15, 0.2) is 15.8 Å². The lowest BCUT2D eigenvalue weighted by molar-refractivity contribution is 0.304. The van der Waals surface area contributed by atoms with Crippen LogP contribution in [0.25, 0.3) is 0 Å². The van der Waals surface area contributed by atoms with Crippen molar-refractivity contribution in [2.45, 2.75) is 6.42 Å². The normalized spacial score (nSPS) is 19.3. The van der Waals surface area contributed by atoms with E-state index in [0.29, 0.717) is 31.8 Å². The third-order valence-corrected chi connectivity index (χ3v) is 4.07. The first-order valence-corrected chi connectivity index (χ1v) is 8.89. The van der Waals surface area contributed by atoms with E-state index in [0.717, 1.165) is 6.54 Å². The molecule has 0 aromatic carbocycles. The molecule has 1 heterocycles. The Morgan fingerprint density at radius 1 is 1.20 bits per heavy atom. The van der Waals surface area contributed by atoms with Crippen LogP contribution in [0.5, 0.6) is 0 Å². The van der Waals surface area contributed by atoms with Crippen LogP contribution >= 0.6 is 0 Å². The van der Waals surface area contributed by atoms with Gasteiger partial charge in [-0.2, -0.15) is 8.42 Å². The minimum absolute atomic E-state index is 0.0810. The second-order valence-electron chi connectivity index (χ2n) is 4.10. The molecule has 6 N–H and O–H groups in total. The molecule has 0 aromatic heterocycles. The quantitative estimate of drug-likeness (QED) is 0.252. The Labute approximate surface area is 118 Å². The van der Waals surface area contributed by atoms with E-state index >= 15 is 0 Å². The molecule has 1 aliphatic rings. The fraction of sp³-hybridized carbons (Fsp3) is 0.875. The van der Waals surface area contributed by atoms with E-state index in [2.05, 4.69) is 9.89 Å². The van der Waals surface area contributed by atoms with Crippen molar-refractivity contribution in [1.29, 1.82) is 0 Å². The molecule has 0 aromatic rings. The molecular weight excluding hydrogens is 312 g/mol. The molecule has 1 rings (SSSR count). The van der Waals surface area contributed by atoms with Gasteiger partial charge in [0.1, 0.15) is 0 Å². The van der Waals surface area contributed by atoms with Gasteiger partial charge >= 0.3 is 10.4 Å². The predicted octanol–water partition coefficient (Wildman–Crippen LogP) is -2.27. The smallest absolute Gasteiger partial charge is 0.370 e. The molecular formula is C8H20N4O6S2. The van der Waals surface area contributed by atoms with Gasteiger partial charge < -0.3 is 16.4 Å². The van der Waals surface area contributed by atoms with Crippen molar-refractivity contribution in [3.8, 4) is 0 Å². The largest absolute Gasteiger partial charge is 0.394 e. The van der Waals surface area contributed by atoms with Crippen molar-refractivity contribution in [3.63, 3.8) is 0 Å². The van der Waals surface area contributed by atoms with Gasteiger partial charge in [-0.15, -0.1) is 0 Å². The summed E-state index contributed by atoms with van der Waals surface area (Å²) in [5.74, 6) is 0.623. The van der Waals surface area contributed by atoms with Crippen LogP contribution in [-0.4, -0.2) is 74.5 Å². The second-order valence-corrected chi connectivity index (χ2v) is 7.30. The van der Waals surface area contributed by atoms with Crippen LogP contribution < -0.4 is 11.5 Å². The van der Waals surface area contributed by atoms with Gasteiger partial charge in [0, 0.05) is 13.1 Å². The van der Waals surface area contributed by atoms with E-state index in [4.69, 9.17) is 29.0 Å². The molecule has 0 spiro atoms. The van der Waals surface area contributed by atoms with Crippen LogP contribution in [0.2, 0.25) is 0 Å². The highest BCUT2D eigenvalue weighted by Crippen LogP contribution is 2.04. The maximum atomic E-state index is 11.3. The van der Waals surface area contributed by atoms with Gasteiger partial charge in [0.05, 0.1) is 18.1 Å². The van der Waals surface area contributed by atoms with Crippen molar-refractivity contribution < 1.29 is 25.9 Å². The van der Waals surface area contributed by atoms with Gasteiger partial charge in [-0.05, 0) is 13.0 Å². The summed E-state index contributed by atoms with van der Waals surface area (Å²) in [5.41, 5.74) is 10.4. The van der Waals surface area contributed by atoms with Crippen molar-refractivity contribution in [2.24, 2.45) is 16.5 Å². The Bertz CT molecular complexity index is 503. The van der Waals surface area contributed by atoms with E-state index in [9.17, 15) is 8.42 Å². The van der Waals surface area contributed by atoms with E-state index < -0.39 is 20.2 Å². The van der Waals surface area contributed by atoms with Gasteiger partial charge in [0.2, 0.25) is 0 Å². The summed E-state index contributed by atoms with van der Waals surface area (Å²) in [7, 11) is -7.49. The summed E-state index contributed by atoms with van der Waals surface area (Å²) in [5, 5.41) is 0. The number of nitrogens with two attached hydrogens (primary N) is 2. The van der Waals surface area contributed by atoms with Crippen LogP contribution in [0.15, 0.2) is 4.99 Å². The van der Waals surface area contributed by atoms with Crippen LogP contribution in [0.4, 0.5) is 0 Å². The zero-order valence-electron chi connectivity index (χ0n) is 10.8. The molecule has 0 unspecified atom stereocenters. The topological polar surface area (TPSA) is 176 Å². The molecule has 10 nitrogen and oxygen atoms in total. The molecule has 1 fully saturated rings. The summed E-state index contributed by atoms with van der Waals surface area (Å²) < 4.78 is 54.2. The van der Waals surface area contributed by atoms with Gasteiger partial charge in [0.25, 0.3) is 0 Å². The lowest BCUT2D eigenvalue weighted by Gasteiger charge is -2.17. The molecule has 0 radical (unpaired) electrons. The fourth-order valence-corrected chi connectivity index (χ4v) is 2.84. The average molecular weight is 332 g/mol. The first kappa shape index (κ1) is 19.1. The highest BCUT2D eigenvalue weighted by atomic mass is 32.3. The summed E-state index contributed by atoms with van der Waals surface area (Å²) in [4.78, 5) is 5.95. The molecule has 20 heavy (non-hydrogen) atoms. The number of hydrogen-bond donors (Lipinski definition) is 4. The Hall–Kier alpha value is -0.950. The maximum Gasteiger partial charge on any atom is 0.394 e. The molecule has 0 bridgehead atoms. The van der Waals surface area contributed by atoms with Crippen molar-refractivity contribution in [2.75, 3.05) is 37.7 Å². The van der Waals surface area contributed by atoms with Crippen LogP contribution in [0, 0.1) is 0 Å². The zero-order valence-corrected chi connectivity index (χ0v) is 12.5. The Morgan fingerprint density at radius 3 is 2.25 bits per heavy atom. The van der Waals surface area contributed by atoms with Crippen LogP contribution in [-0.2, 0) is 20.2 Å².